The molecule has 0 amide bonds. The Kier molecular flexibility index (Phi) is 4.14. The monoisotopic (exact) mass is 154 g/mol. The maximum absolute atomic E-state index is 8.79. The highest BCUT2D eigenvalue weighted by atomic mass is 15.0. The fourth-order valence-electron chi connectivity index (χ4n) is 0.673. The molecule has 2 heteroatoms. The van der Waals surface area contributed by atoms with Crippen molar-refractivity contribution in [2.75, 3.05) is 6.54 Å². The van der Waals surface area contributed by atoms with Gasteiger partial charge < -0.3 is 0 Å². The molecule has 0 saturated carbocycles. The molecule has 1 N–H and O–H groups in total. The van der Waals surface area contributed by atoms with Crippen molar-refractivity contribution in [3.63, 3.8) is 0 Å². The zero-order chi connectivity index (χ0) is 8.91. The van der Waals surface area contributed by atoms with Gasteiger partial charge in [0.05, 0.1) is 6.07 Å². The van der Waals surface area contributed by atoms with Gasteiger partial charge in [-0.3, -0.25) is 5.32 Å². The van der Waals surface area contributed by atoms with Gasteiger partial charge in [-0.1, -0.05) is 20.8 Å². The second-order valence-electron chi connectivity index (χ2n) is 3.57. The minimum Gasteiger partial charge on any atom is -0.299 e. The van der Waals surface area contributed by atoms with E-state index in [1.807, 2.05) is 13.8 Å². The summed E-state index contributed by atoms with van der Waals surface area (Å²) < 4.78 is 0. The van der Waals surface area contributed by atoms with E-state index in [4.69, 9.17) is 5.26 Å². The summed E-state index contributed by atoms with van der Waals surface area (Å²) in [5, 5.41) is 12.0. The van der Waals surface area contributed by atoms with Crippen LogP contribution in [0, 0.1) is 17.2 Å². The number of nitrogens with zero attached hydrogens (tertiary/aromatic N) is 1. The molecule has 1 atom stereocenters. The fourth-order valence-corrected chi connectivity index (χ4v) is 0.673. The van der Waals surface area contributed by atoms with Gasteiger partial charge in [0.1, 0.15) is 5.54 Å². The van der Waals surface area contributed by atoms with Crippen molar-refractivity contribution in [3.8, 4) is 6.07 Å². The molecule has 64 valence electrons. The van der Waals surface area contributed by atoms with Gasteiger partial charge >= 0.3 is 0 Å². The summed E-state index contributed by atoms with van der Waals surface area (Å²) in [5.41, 5.74) is -0.329. The Morgan fingerprint density at radius 1 is 1.55 bits per heavy atom. The molecule has 0 aliphatic heterocycles. The number of nitrogens with one attached hydrogen (secondary N) is 1. The molecule has 0 fully saturated rings. The quantitative estimate of drug-likeness (QED) is 0.671. The molecule has 0 bridgehead atoms. The summed E-state index contributed by atoms with van der Waals surface area (Å²) in [4.78, 5) is 0. The Balaban J connectivity index is 3.81. The average Bonchev–Trinajstić information content (AvgIpc) is 2.00. The molecular weight excluding hydrogens is 136 g/mol. The lowest BCUT2D eigenvalue weighted by Crippen LogP contribution is -2.42. The average molecular weight is 154 g/mol. The van der Waals surface area contributed by atoms with Gasteiger partial charge in [0, 0.05) is 0 Å². The molecule has 0 heterocycles. The maximum atomic E-state index is 8.79. The SMILES string of the molecule is CCC(C)(C#N)NCC(C)C. The number of rotatable bonds is 4. The van der Waals surface area contributed by atoms with Crippen LogP contribution in [0.25, 0.3) is 0 Å². The predicted octanol–water partition coefficient (Wildman–Crippen LogP) is 1.92. The first-order chi connectivity index (χ1) is 5.04. The van der Waals surface area contributed by atoms with Gasteiger partial charge in [-0.15, -0.1) is 0 Å². The lowest BCUT2D eigenvalue weighted by molar-refractivity contribution is 0.401. The lowest BCUT2D eigenvalue weighted by Gasteiger charge is -2.22. The summed E-state index contributed by atoms with van der Waals surface area (Å²) in [6.45, 7) is 9.16. The Labute approximate surface area is 69.6 Å². The fraction of sp³-hybridized carbons (Fsp3) is 0.889. The molecule has 11 heavy (non-hydrogen) atoms. The van der Waals surface area contributed by atoms with Crippen molar-refractivity contribution in [2.24, 2.45) is 5.92 Å². The van der Waals surface area contributed by atoms with Crippen molar-refractivity contribution < 1.29 is 0 Å². The summed E-state index contributed by atoms with van der Waals surface area (Å²) in [7, 11) is 0. The van der Waals surface area contributed by atoms with Gasteiger partial charge in [-0.2, -0.15) is 5.26 Å². The maximum Gasteiger partial charge on any atom is 0.103 e. The molecule has 1 unspecified atom stereocenters. The highest BCUT2D eigenvalue weighted by Crippen LogP contribution is 2.07. The third-order valence-corrected chi connectivity index (χ3v) is 1.85. The smallest absolute Gasteiger partial charge is 0.103 e. The van der Waals surface area contributed by atoms with Gasteiger partial charge in [0.2, 0.25) is 0 Å². The third kappa shape index (κ3) is 4.00. The van der Waals surface area contributed by atoms with E-state index in [1.165, 1.54) is 0 Å². The molecule has 0 spiro atoms. The number of nitriles is 1. The van der Waals surface area contributed by atoms with Crippen LogP contribution in [0.1, 0.15) is 34.1 Å². The van der Waals surface area contributed by atoms with E-state index in [0.29, 0.717) is 5.92 Å². The molecule has 0 aliphatic carbocycles. The molecule has 0 aromatic rings. The molecular formula is C9H18N2. The van der Waals surface area contributed by atoms with Gasteiger partial charge in [0.15, 0.2) is 0 Å². The normalized spacial score (nSPS) is 16.0. The number of hydrogen-bond donors (Lipinski definition) is 1. The molecule has 0 aromatic heterocycles. The predicted molar refractivity (Wildman–Crippen MR) is 47.1 cm³/mol. The molecule has 0 aromatic carbocycles. The highest BCUT2D eigenvalue weighted by molar-refractivity contribution is 5.02. The van der Waals surface area contributed by atoms with Crippen LogP contribution >= 0.6 is 0 Å². The Morgan fingerprint density at radius 2 is 2.09 bits per heavy atom. The van der Waals surface area contributed by atoms with Crippen molar-refractivity contribution in [3.05, 3.63) is 0 Å². The molecule has 2 nitrogen and oxygen atoms in total. The van der Waals surface area contributed by atoms with Crippen LogP contribution in [0.4, 0.5) is 0 Å². The molecule has 0 aliphatic rings. The Morgan fingerprint density at radius 3 is 2.36 bits per heavy atom. The van der Waals surface area contributed by atoms with Crippen LogP contribution in [-0.4, -0.2) is 12.1 Å². The molecule has 0 radical (unpaired) electrons. The molecule has 0 saturated heterocycles. The standard InChI is InChI=1S/C9H18N2/c1-5-9(4,7-10)11-6-8(2)3/h8,11H,5-6H2,1-4H3. The Bertz CT molecular complexity index is 146. The van der Waals surface area contributed by atoms with Crippen molar-refractivity contribution in [1.82, 2.24) is 5.32 Å². The second-order valence-corrected chi connectivity index (χ2v) is 3.57. The van der Waals surface area contributed by atoms with Crippen LogP contribution in [0.5, 0.6) is 0 Å². The van der Waals surface area contributed by atoms with Gasteiger partial charge in [-0.25, -0.2) is 0 Å². The van der Waals surface area contributed by atoms with E-state index in [2.05, 4.69) is 25.2 Å². The zero-order valence-electron chi connectivity index (χ0n) is 7.94. The van der Waals surface area contributed by atoms with Crippen molar-refractivity contribution in [1.29, 1.82) is 5.26 Å². The van der Waals surface area contributed by atoms with Crippen LogP contribution < -0.4 is 5.32 Å². The van der Waals surface area contributed by atoms with Gasteiger partial charge in [-0.05, 0) is 25.8 Å². The van der Waals surface area contributed by atoms with Crippen LogP contribution in [-0.2, 0) is 0 Å². The van der Waals surface area contributed by atoms with E-state index in [0.717, 1.165) is 13.0 Å². The van der Waals surface area contributed by atoms with Crippen molar-refractivity contribution in [2.45, 2.75) is 39.7 Å². The summed E-state index contributed by atoms with van der Waals surface area (Å²) >= 11 is 0. The van der Waals surface area contributed by atoms with Crippen molar-refractivity contribution >= 4 is 0 Å². The van der Waals surface area contributed by atoms with Crippen LogP contribution in [0.15, 0.2) is 0 Å². The van der Waals surface area contributed by atoms with Crippen LogP contribution in [0.3, 0.4) is 0 Å². The zero-order valence-corrected chi connectivity index (χ0v) is 7.94. The van der Waals surface area contributed by atoms with E-state index in [-0.39, 0.29) is 5.54 Å². The third-order valence-electron chi connectivity index (χ3n) is 1.85. The first-order valence-electron chi connectivity index (χ1n) is 4.20. The minimum absolute atomic E-state index is 0.329. The van der Waals surface area contributed by atoms with E-state index >= 15 is 0 Å². The largest absolute Gasteiger partial charge is 0.299 e. The van der Waals surface area contributed by atoms with E-state index in [9.17, 15) is 0 Å². The molecule has 0 rings (SSSR count). The van der Waals surface area contributed by atoms with E-state index in [1.54, 1.807) is 0 Å². The Hall–Kier alpha value is -0.550. The topological polar surface area (TPSA) is 35.8 Å². The summed E-state index contributed by atoms with van der Waals surface area (Å²) in [6, 6.07) is 2.27. The first-order valence-corrected chi connectivity index (χ1v) is 4.20. The van der Waals surface area contributed by atoms with E-state index < -0.39 is 0 Å². The van der Waals surface area contributed by atoms with Gasteiger partial charge in [0.25, 0.3) is 0 Å². The minimum atomic E-state index is -0.329. The summed E-state index contributed by atoms with van der Waals surface area (Å²) in [6.07, 6.45) is 0.857. The first kappa shape index (κ1) is 10.4. The lowest BCUT2D eigenvalue weighted by atomic mass is 10.0. The number of hydrogen-bond acceptors (Lipinski definition) is 2. The second kappa shape index (κ2) is 4.35. The van der Waals surface area contributed by atoms with Crippen LogP contribution in [0.2, 0.25) is 0 Å². The summed E-state index contributed by atoms with van der Waals surface area (Å²) in [5.74, 6) is 0.606. The highest BCUT2D eigenvalue weighted by Gasteiger charge is 2.19.